The van der Waals surface area contributed by atoms with Gasteiger partial charge >= 0.3 is 0 Å². The van der Waals surface area contributed by atoms with Crippen LogP contribution in [0.5, 0.6) is 0 Å². The first kappa shape index (κ1) is 33.2. The molecule has 0 aromatic heterocycles. The fourth-order valence-corrected chi connectivity index (χ4v) is 5.02. The number of hydrogen-bond donors (Lipinski definition) is 0. The minimum atomic E-state index is 0. The summed E-state index contributed by atoms with van der Waals surface area (Å²) in [6, 6.07) is 22.5. The van der Waals surface area contributed by atoms with E-state index >= 15 is 0 Å². The van der Waals surface area contributed by atoms with Crippen molar-refractivity contribution >= 4 is 21.5 Å². The van der Waals surface area contributed by atoms with Crippen LogP contribution in [-0.4, -0.2) is 102 Å². The van der Waals surface area contributed by atoms with Crippen molar-refractivity contribution in [2.75, 3.05) is 82.6 Å². The molecule has 0 N–H and O–H groups in total. The molecule has 215 valence electrons. The van der Waals surface area contributed by atoms with E-state index in [0.29, 0.717) is 0 Å². The fraction of sp³-hybridized carbons (Fsp3) is 0.471. The summed E-state index contributed by atoms with van der Waals surface area (Å²) in [5.74, 6) is 0. The average molecular weight is 570 g/mol. The van der Waals surface area contributed by atoms with Crippen LogP contribution in [0.15, 0.2) is 60.7 Å². The van der Waals surface area contributed by atoms with E-state index in [2.05, 4.69) is 137 Å². The molecule has 4 aromatic rings. The van der Waals surface area contributed by atoms with Crippen molar-refractivity contribution in [3.8, 4) is 0 Å². The van der Waals surface area contributed by atoms with Gasteiger partial charge in [-0.15, -0.1) is 93.7 Å². The molecule has 39 heavy (non-hydrogen) atoms. The molecule has 0 bridgehead atoms. The summed E-state index contributed by atoms with van der Waals surface area (Å²) in [5.41, 5.74) is 5.99. The number of rotatable bonds is 12. The van der Waals surface area contributed by atoms with Crippen molar-refractivity contribution < 1.29 is 17.1 Å². The van der Waals surface area contributed by atoms with Crippen molar-refractivity contribution in [2.45, 2.75) is 25.7 Å². The molecule has 0 saturated carbocycles. The zero-order chi connectivity index (χ0) is 27.7. The summed E-state index contributed by atoms with van der Waals surface area (Å²) in [4.78, 5) is 9.01. The molecule has 5 heteroatoms. The standard InChI is InChI=1S/2C17H25N2.Mn/c2*1-18(2)11-9-14-13-15(10-12-19(3)4)17-8-6-5-7-16(14)17;/h2*5-8,13H,9-12H2,1-4H3;/q2*-1;. The van der Waals surface area contributed by atoms with Crippen LogP contribution in [0.1, 0.15) is 22.3 Å². The van der Waals surface area contributed by atoms with E-state index in [0.717, 1.165) is 51.9 Å². The molecule has 0 unspecified atom stereocenters. The van der Waals surface area contributed by atoms with Gasteiger partial charge in [0.2, 0.25) is 0 Å². The predicted octanol–water partition coefficient (Wildman–Crippen LogP) is 5.53. The normalized spacial score (nSPS) is 11.6. The van der Waals surface area contributed by atoms with Crippen molar-refractivity contribution in [3.05, 3.63) is 82.9 Å². The first-order valence-corrected chi connectivity index (χ1v) is 14.1. The number of likely N-dealkylation sites (N-methyl/N-ethyl adjacent to an activating group) is 4. The van der Waals surface area contributed by atoms with Gasteiger partial charge in [-0.3, -0.25) is 0 Å². The second-order valence-electron chi connectivity index (χ2n) is 11.7. The summed E-state index contributed by atoms with van der Waals surface area (Å²) in [6.45, 7) is 4.45. The van der Waals surface area contributed by atoms with E-state index in [1.54, 1.807) is 0 Å². The maximum atomic E-state index is 2.41. The zero-order valence-corrected chi connectivity index (χ0v) is 26.8. The Morgan fingerprint density at radius 3 is 1.15 bits per heavy atom. The molecule has 1 radical (unpaired) electrons. The van der Waals surface area contributed by atoms with Gasteiger partial charge < -0.3 is 19.6 Å². The van der Waals surface area contributed by atoms with Crippen molar-refractivity contribution in [1.82, 2.24) is 19.6 Å². The molecular formula is C34H50MnN4-2. The maximum Gasteiger partial charge on any atom is 0.000323 e. The van der Waals surface area contributed by atoms with Crippen molar-refractivity contribution in [1.29, 1.82) is 0 Å². The van der Waals surface area contributed by atoms with Crippen LogP contribution in [0.3, 0.4) is 0 Å². The van der Waals surface area contributed by atoms with E-state index in [9.17, 15) is 0 Å². The van der Waals surface area contributed by atoms with Crippen LogP contribution in [0.25, 0.3) is 21.5 Å². The molecule has 0 aliphatic carbocycles. The summed E-state index contributed by atoms with van der Waals surface area (Å²) in [7, 11) is 17.1. The Morgan fingerprint density at radius 2 is 0.821 bits per heavy atom. The monoisotopic (exact) mass is 569 g/mol. The summed E-state index contributed by atoms with van der Waals surface area (Å²) >= 11 is 0. The fourth-order valence-electron chi connectivity index (χ4n) is 5.02. The third-order valence-electron chi connectivity index (χ3n) is 7.25. The molecule has 4 aromatic carbocycles. The van der Waals surface area contributed by atoms with Crippen LogP contribution in [-0.2, 0) is 42.8 Å². The van der Waals surface area contributed by atoms with Gasteiger partial charge in [-0.2, -0.15) is 0 Å². The van der Waals surface area contributed by atoms with Gasteiger partial charge in [-0.1, -0.05) is 10.8 Å². The number of fused-ring (bicyclic) bond motifs is 2. The van der Waals surface area contributed by atoms with Gasteiger partial charge in [-0.05, 0) is 95.2 Å². The molecule has 0 heterocycles. The first-order valence-electron chi connectivity index (χ1n) is 14.1. The number of nitrogens with zero attached hydrogens (tertiary/aromatic N) is 4. The van der Waals surface area contributed by atoms with Gasteiger partial charge in [-0.25, -0.2) is 0 Å². The van der Waals surface area contributed by atoms with Crippen LogP contribution in [0.4, 0.5) is 0 Å². The predicted molar refractivity (Wildman–Crippen MR) is 168 cm³/mol. The molecule has 0 amide bonds. The van der Waals surface area contributed by atoms with Crippen molar-refractivity contribution in [3.63, 3.8) is 0 Å². The molecule has 0 aliphatic rings. The Balaban J connectivity index is 0.000000267. The second kappa shape index (κ2) is 16.3. The quantitative estimate of drug-likeness (QED) is 0.164. The van der Waals surface area contributed by atoms with E-state index in [-0.39, 0.29) is 17.1 Å². The van der Waals surface area contributed by atoms with Crippen LogP contribution in [0.2, 0.25) is 0 Å². The second-order valence-corrected chi connectivity index (χ2v) is 11.7. The van der Waals surface area contributed by atoms with E-state index in [1.807, 2.05) is 0 Å². The van der Waals surface area contributed by atoms with Gasteiger partial charge in [0.05, 0.1) is 0 Å². The third-order valence-corrected chi connectivity index (χ3v) is 7.25. The minimum Gasteiger partial charge on any atom is -0.310 e. The smallest absolute Gasteiger partial charge is 0.000323 e. The number of benzene rings is 2. The Bertz CT molecular complexity index is 1060. The summed E-state index contributed by atoms with van der Waals surface area (Å²) in [5, 5.41) is 5.77. The van der Waals surface area contributed by atoms with Gasteiger partial charge in [0, 0.05) is 30.2 Å². The van der Waals surface area contributed by atoms with Gasteiger partial charge in [0.25, 0.3) is 0 Å². The topological polar surface area (TPSA) is 13.0 Å². The maximum absolute atomic E-state index is 2.41. The molecule has 4 rings (SSSR count). The van der Waals surface area contributed by atoms with Crippen molar-refractivity contribution in [2.24, 2.45) is 0 Å². The summed E-state index contributed by atoms with van der Waals surface area (Å²) in [6.07, 6.45) is 4.54. The number of hydrogen-bond acceptors (Lipinski definition) is 4. The Morgan fingerprint density at radius 1 is 0.487 bits per heavy atom. The molecule has 0 spiro atoms. The van der Waals surface area contributed by atoms with Crippen LogP contribution < -0.4 is 0 Å². The van der Waals surface area contributed by atoms with Crippen LogP contribution in [0, 0.1) is 0 Å². The molecule has 0 atom stereocenters. The Kier molecular flexibility index (Phi) is 13.9. The van der Waals surface area contributed by atoms with Crippen LogP contribution >= 0.6 is 0 Å². The Labute approximate surface area is 248 Å². The molecule has 0 fully saturated rings. The molecular weight excluding hydrogens is 519 g/mol. The zero-order valence-electron chi connectivity index (χ0n) is 25.6. The SMILES string of the molecule is CN(C)CCc1cc(CCN(C)C)[c-]2ccccc12.CN(C)CCc1cc(CCN(C)C)[c-]2ccccc12.[Mn]. The van der Waals surface area contributed by atoms with E-state index in [1.165, 1.54) is 43.8 Å². The average Bonchev–Trinajstić information content (AvgIpc) is 3.42. The first-order chi connectivity index (χ1) is 18.2. The van der Waals surface area contributed by atoms with Gasteiger partial charge in [0.15, 0.2) is 0 Å². The summed E-state index contributed by atoms with van der Waals surface area (Å²) < 4.78 is 0. The molecule has 0 aliphatic heterocycles. The largest absolute Gasteiger partial charge is 0.310 e. The Hall–Kier alpha value is -1.98. The molecule has 0 saturated heterocycles. The minimum absolute atomic E-state index is 0. The van der Waals surface area contributed by atoms with E-state index in [4.69, 9.17) is 0 Å². The third kappa shape index (κ3) is 10.2. The van der Waals surface area contributed by atoms with E-state index < -0.39 is 0 Å². The molecule has 4 nitrogen and oxygen atoms in total. The van der Waals surface area contributed by atoms with Gasteiger partial charge in [0.1, 0.15) is 0 Å².